The van der Waals surface area contributed by atoms with Gasteiger partial charge in [0.1, 0.15) is 0 Å². The minimum absolute atomic E-state index is 0.234. The summed E-state index contributed by atoms with van der Waals surface area (Å²) in [5.41, 5.74) is 0. The van der Waals surface area contributed by atoms with E-state index >= 15 is 0 Å². The first kappa shape index (κ1) is 12.7. The van der Waals surface area contributed by atoms with Crippen LogP contribution in [0.2, 0.25) is 0 Å². The Morgan fingerprint density at radius 1 is 0.812 bits per heavy atom. The van der Waals surface area contributed by atoms with Gasteiger partial charge in [0.2, 0.25) is 0 Å². The van der Waals surface area contributed by atoms with Gasteiger partial charge in [0.25, 0.3) is 0 Å². The highest BCUT2D eigenvalue weighted by molar-refractivity contribution is 6.67. The molecule has 0 fully saturated rings. The molecule has 0 heterocycles. The monoisotopic (exact) mass is 230 g/mol. The molecule has 1 nitrogen and oxygen atoms in total. The summed E-state index contributed by atoms with van der Waals surface area (Å²) in [6.45, 7) is 1.93. The van der Waals surface area contributed by atoms with Crippen LogP contribution in [-0.2, 0) is 0 Å². The van der Waals surface area contributed by atoms with Gasteiger partial charge in [0.05, 0.1) is 9.52 Å². The summed E-state index contributed by atoms with van der Waals surface area (Å²) in [4.78, 5) is 0. The lowest BCUT2D eigenvalue weighted by atomic mass is 10.4. The van der Waals surface area contributed by atoms with Crippen molar-refractivity contribution in [3.05, 3.63) is 60.7 Å². The van der Waals surface area contributed by atoms with E-state index in [-0.39, 0.29) is 16.1 Å². The number of rotatable bonds is 2. The van der Waals surface area contributed by atoms with E-state index in [1.807, 2.05) is 0 Å². The molecule has 2 aromatic carbocycles. The van der Waals surface area contributed by atoms with Crippen molar-refractivity contribution in [2.75, 3.05) is 6.61 Å². The van der Waals surface area contributed by atoms with Gasteiger partial charge in [-0.15, -0.1) is 0 Å². The van der Waals surface area contributed by atoms with Gasteiger partial charge in [-0.1, -0.05) is 71.0 Å². The molecule has 0 spiro atoms. The Bertz CT molecular complexity index is 335. The summed E-state index contributed by atoms with van der Waals surface area (Å²) < 4.78 is 0. The van der Waals surface area contributed by atoms with Crippen LogP contribution in [-0.4, -0.2) is 21.2 Å². The molecule has 16 heavy (non-hydrogen) atoms. The zero-order valence-electron chi connectivity index (χ0n) is 9.63. The molecule has 0 saturated carbocycles. The first-order valence-electron chi connectivity index (χ1n) is 5.55. The topological polar surface area (TPSA) is 20.2 Å². The maximum Gasteiger partial charge on any atom is 0.0875 e. The smallest absolute Gasteiger partial charge is 0.0875 e. The van der Waals surface area contributed by atoms with Crippen LogP contribution in [0.1, 0.15) is 6.92 Å². The third-order valence-corrected chi connectivity index (χ3v) is 3.85. The molecule has 0 saturated heterocycles. The number of benzene rings is 2. The summed E-state index contributed by atoms with van der Waals surface area (Å²) in [5, 5.41) is 10.6. The van der Waals surface area contributed by atoms with Crippen molar-refractivity contribution in [2.45, 2.75) is 6.92 Å². The Morgan fingerprint density at radius 2 is 1.12 bits per heavy atom. The van der Waals surface area contributed by atoms with Crippen molar-refractivity contribution in [1.82, 2.24) is 0 Å². The van der Waals surface area contributed by atoms with E-state index in [9.17, 15) is 0 Å². The van der Waals surface area contributed by atoms with E-state index in [1.54, 1.807) is 6.92 Å². The molecular formula is C14H18OSi. The van der Waals surface area contributed by atoms with Gasteiger partial charge in [0, 0.05) is 6.61 Å². The molecule has 0 radical (unpaired) electrons. The van der Waals surface area contributed by atoms with Crippen molar-refractivity contribution in [3.63, 3.8) is 0 Å². The molecule has 0 aromatic heterocycles. The van der Waals surface area contributed by atoms with Crippen LogP contribution >= 0.6 is 0 Å². The predicted octanol–water partition coefficient (Wildman–Crippen LogP) is 0.805. The highest BCUT2D eigenvalue weighted by Crippen LogP contribution is 1.84. The van der Waals surface area contributed by atoms with Crippen LogP contribution < -0.4 is 10.4 Å². The van der Waals surface area contributed by atoms with Gasteiger partial charge in [0.15, 0.2) is 0 Å². The molecule has 0 aliphatic rings. The fourth-order valence-electron chi connectivity index (χ4n) is 1.43. The van der Waals surface area contributed by atoms with Gasteiger partial charge >= 0.3 is 0 Å². The normalized spacial score (nSPS) is 9.12. The average Bonchev–Trinajstić information content (AvgIpc) is 2.33. The van der Waals surface area contributed by atoms with Crippen molar-refractivity contribution in [2.24, 2.45) is 0 Å². The molecule has 0 aliphatic carbocycles. The second-order valence-electron chi connectivity index (χ2n) is 3.46. The molecule has 2 heteroatoms. The molecular weight excluding hydrogens is 212 g/mol. The number of aliphatic hydroxyl groups excluding tert-OH is 1. The third-order valence-electron chi connectivity index (χ3n) is 2.09. The highest BCUT2D eigenvalue weighted by Gasteiger charge is 1.93. The molecule has 0 aliphatic heterocycles. The van der Waals surface area contributed by atoms with Crippen LogP contribution in [0, 0.1) is 0 Å². The van der Waals surface area contributed by atoms with Gasteiger partial charge in [-0.05, 0) is 6.92 Å². The van der Waals surface area contributed by atoms with E-state index in [4.69, 9.17) is 5.11 Å². The Kier molecular flexibility index (Phi) is 6.22. The number of aliphatic hydroxyl groups is 1. The van der Waals surface area contributed by atoms with Crippen LogP contribution in [0.3, 0.4) is 0 Å². The molecule has 84 valence electrons. The number of hydrogen-bond acceptors (Lipinski definition) is 1. The van der Waals surface area contributed by atoms with Crippen LogP contribution in [0.25, 0.3) is 0 Å². The van der Waals surface area contributed by atoms with Crippen LogP contribution in [0.5, 0.6) is 0 Å². The van der Waals surface area contributed by atoms with E-state index in [2.05, 4.69) is 60.7 Å². The van der Waals surface area contributed by atoms with E-state index in [0.29, 0.717) is 0 Å². The zero-order valence-corrected chi connectivity index (χ0v) is 11.0. The molecule has 0 bridgehead atoms. The maximum absolute atomic E-state index is 7.57. The summed E-state index contributed by atoms with van der Waals surface area (Å²) in [6, 6.07) is 21.5. The van der Waals surface area contributed by atoms with Crippen molar-refractivity contribution in [1.29, 1.82) is 0 Å². The minimum atomic E-state index is -0.234. The molecule has 0 atom stereocenters. The Hall–Kier alpha value is -1.38. The van der Waals surface area contributed by atoms with Crippen LogP contribution in [0.15, 0.2) is 60.7 Å². The molecule has 2 aromatic rings. The Labute approximate surface area is 99.6 Å². The van der Waals surface area contributed by atoms with Crippen molar-refractivity contribution < 1.29 is 5.11 Å². The molecule has 1 N–H and O–H groups in total. The SMILES string of the molecule is CCO.c1ccc([SiH2]c2ccccc2)cc1. The predicted molar refractivity (Wildman–Crippen MR) is 73.5 cm³/mol. The van der Waals surface area contributed by atoms with Gasteiger partial charge in [-0.3, -0.25) is 0 Å². The van der Waals surface area contributed by atoms with E-state index in [1.165, 1.54) is 10.4 Å². The van der Waals surface area contributed by atoms with Gasteiger partial charge in [-0.25, -0.2) is 0 Å². The maximum atomic E-state index is 7.57. The zero-order chi connectivity index (χ0) is 11.6. The fourth-order valence-corrected chi connectivity index (χ4v) is 2.91. The second kappa shape index (κ2) is 7.85. The van der Waals surface area contributed by atoms with Crippen molar-refractivity contribution >= 4 is 19.9 Å². The van der Waals surface area contributed by atoms with Gasteiger partial charge in [-0.2, -0.15) is 0 Å². The summed E-state index contributed by atoms with van der Waals surface area (Å²) in [5.74, 6) is 0. The first-order chi connectivity index (χ1) is 7.86. The lowest BCUT2D eigenvalue weighted by Gasteiger charge is -1.99. The molecule has 0 unspecified atom stereocenters. The lowest BCUT2D eigenvalue weighted by Crippen LogP contribution is -2.26. The summed E-state index contributed by atoms with van der Waals surface area (Å²) >= 11 is 0. The standard InChI is InChI=1S/C12H12Si.C2H6O/c1-3-7-11(8-4-1)13-12-9-5-2-6-10-12;1-2-3/h1-10H,13H2;3H,2H2,1H3. The summed E-state index contributed by atoms with van der Waals surface area (Å²) in [6.07, 6.45) is 0. The van der Waals surface area contributed by atoms with E-state index < -0.39 is 0 Å². The quantitative estimate of drug-likeness (QED) is 0.757. The highest BCUT2D eigenvalue weighted by atomic mass is 28.2. The molecule has 0 amide bonds. The second-order valence-corrected chi connectivity index (χ2v) is 5.45. The first-order valence-corrected chi connectivity index (χ1v) is 6.97. The van der Waals surface area contributed by atoms with E-state index in [0.717, 1.165) is 0 Å². The lowest BCUT2D eigenvalue weighted by molar-refractivity contribution is 0.318. The summed E-state index contributed by atoms with van der Waals surface area (Å²) in [7, 11) is -0.234. The van der Waals surface area contributed by atoms with Crippen molar-refractivity contribution in [3.8, 4) is 0 Å². The van der Waals surface area contributed by atoms with Crippen LogP contribution in [0.4, 0.5) is 0 Å². The fraction of sp³-hybridized carbons (Fsp3) is 0.143. The minimum Gasteiger partial charge on any atom is -0.397 e. The molecule has 2 rings (SSSR count). The number of hydrogen-bond donors (Lipinski definition) is 1. The Morgan fingerprint density at radius 3 is 1.44 bits per heavy atom. The largest absolute Gasteiger partial charge is 0.397 e. The average molecular weight is 230 g/mol. The Balaban J connectivity index is 0.000000386. The van der Waals surface area contributed by atoms with Gasteiger partial charge < -0.3 is 5.11 Å². The third kappa shape index (κ3) is 4.91.